The zero-order valence-corrected chi connectivity index (χ0v) is 12.1. The van der Waals surface area contributed by atoms with Crippen LogP contribution in [0.2, 0.25) is 0 Å². The molecule has 0 atom stereocenters. The first-order valence-electron chi connectivity index (χ1n) is 5.84. The lowest BCUT2D eigenvalue weighted by Gasteiger charge is -2.27. The van der Waals surface area contributed by atoms with E-state index in [1.807, 2.05) is 29.2 Å². The minimum absolute atomic E-state index is 0.124. The van der Waals surface area contributed by atoms with E-state index in [4.69, 9.17) is 0 Å². The molecule has 0 radical (unpaired) electrons. The Bertz CT molecular complexity index is 576. The summed E-state index contributed by atoms with van der Waals surface area (Å²) in [5.41, 5.74) is 2.06. The molecule has 0 unspecified atom stereocenters. The van der Waals surface area contributed by atoms with Gasteiger partial charge < -0.3 is 4.90 Å². The van der Waals surface area contributed by atoms with Gasteiger partial charge in [-0.1, -0.05) is 15.9 Å². The summed E-state index contributed by atoms with van der Waals surface area (Å²) in [4.78, 5) is 15.7. The van der Waals surface area contributed by atoms with Crippen molar-refractivity contribution in [3.05, 3.63) is 56.2 Å². The summed E-state index contributed by atoms with van der Waals surface area (Å²) in [7, 11) is 0. The Morgan fingerprint density at radius 1 is 1.22 bits per heavy atom. The van der Waals surface area contributed by atoms with Gasteiger partial charge in [0, 0.05) is 28.0 Å². The Kier molecular flexibility index (Phi) is 3.22. The van der Waals surface area contributed by atoms with Crippen LogP contribution in [0.1, 0.15) is 20.8 Å². The highest BCUT2D eigenvalue weighted by atomic mass is 79.9. The topological polar surface area (TPSA) is 20.3 Å². The van der Waals surface area contributed by atoms with Crippen molar-refractivity contribution < 1.29 is 4.79 Å². The number of hydrogen-bond donors (Lipinski definition) is 0. The second kappa shape index (κ2) is 4.86. The number of carbonyl (C=O) groups excluding carboxylic acids is 1. The summed E-state index contributed by atoms with van der Waals surface area (Å²) in [6.07, 6.45) is 0.981. The van der Waals surface area contributed by atoms with Gasteiger partial charge in [0.25, 0.3) is 5.91 Å². The number of benzene rings is 1. The van der Waals surface area contributed by atoms with Crippen molar-refractivity contribution in [3.8, 4) is 0 Å². The highest BCUT2D eigenvalue weighted by Gasteiger charge is 2.22. The van der Waals surface area contributed by atoms with Crippen LogP contribution in [0.4, 0.5) is 0 Å². The molecule has 0 fully saturated rings. The second-order valence-corrected chi connectivity index (χ2v) is 6.27. The summed E-state index contributed by atoms with van der Waals surface area (Å²) in [5.74, 6) is 0.124. The van der Waals surface area contributed by atoms with Crippen LogP contribution in [0.5, 0.6) is 0 Å². The van der Waals surface area contributed by atoms with Crippen molar-refractivity contribution in [2.75, 3.05) is 6.54 Å². The summed E-state index contributed by atoms with van der Waals surface area (Å²) >= 11 is 5.18. The highest BCUT2D eigenvalue weighted by molar-refractivity contribution is 9.10. The molecule has 0 saturated carbocycles. The van der Waals surface area contributed by atoms with Crippen LogP contribution >= 0.6 is 27.3 Å². The van der Waals surface area contributed by atoms with Gasteiger partial charge in [-0.2, -0.15) is 0 Å². The lowest BCUT2D eigenvalue weighted by Crippen LogP contribution is -2.35. The largest absolute Gasteiger partial charge is 0.334 e. The molecular formula is C14H12BrNOS. The van der Waals surface area contributed by atoms with E-state index in [1.54, 1.807) is 11.3 Å². The van der Waals surface area contributed by atoms with Gasteiger partial charge in [-0.3, -0.25) is 4.79 Å². The van der Waals surface area contributed by atoms with Crippen molar-refractivity contribution in [2.45, 2.75) is 13.0 Å². The zero-order valence-electron chi connectivity index (χ0n) is 9.73. The molecule has 4 heteroatoms. The first-order valence-corrected chi connectivity index (χ1v) is 7.51. The molecule has 0 N–H and O–H groups in total. The smallest absolute Gasteiger partial charge is 0.254 e. The maximum atomic E-state index is 12.4. The molecule has 1 amide bonds. The number of rotatable bonds is 1. The number of carbonyl (C=O) groups is 1. The molecule has 1 aromatic heterocycles. The molecular weight excluding hydrogens is 310 g/mol. The number of halogens is 1. The molecule has 0 bridgehead atoms. The Hall–Kier alpha value is -1.13. The first-order chi connectivity index (χ1) is 8.74. The van der Waals surface area contributed by atoms with Gasteiger partial charge in [0.2, 0.25) is 0 Å². The standard InChI is InChI=1S/C14H12BrNOS/c15-12-3-1-10(2-4-12)14(17)16-7-5-13-11(9-16)6-8-18-13/h1-4,6,8H,5,7,9H2. The Balaban J connectivity index is 1.80. The van der Waals surface area contributed by atoms with E-state index in [1.165, 1.54) is 10.4 Å². The monoisotopic (exact) mass is 321 g/mol. The van der Waals surface area contributed by atoms with Crippen LogP contribution in [0.3, 0.4) is 0 Å². The fraction of sp³-hybridized carbons (Fsp3) is 0.214. The average molecular weight is 322 g/mol. The van der Waals surface area contributed by atoms with Crippen LogP contribution in [-0.2, 0) is 13.0 Å². The summed E-state index contributed by atoms with van der Waals surface area (Å²) in [5, 5.41) is 2.11. The van der Waals surface area contributed by atoms with Gasteiger partial charge in [0.15, 0.2) is 0 Å². The molecule has 1 aromatic carbocycles. The second-order valence-electron chi connectivity index (χ2n) is 4.35. The fourth-order valence-electron chi connectivity index (χ4n) is 2.20. The Morgan fingerprint density at radius 3 is 2.78 bits per heavy atom. The molecule has 92 valence electrons. The molecule has 1 aliphatic rings. The molecule has 0 aliphatic carbocycles. The third-order valence-electron chi connectivity index (χ3n) is 3.19. The maximum Gasteiger partial charge on any atom is 0.254 e. The molecule has 0 spiro atoms. The van der Waals surface area contributed by atoms with E-state index in [0.717, 1.165) is 29.5 Å². The van der Waals surface area contributed by atoms with Crippen molar-refractivity contribution in [3.63, 3.8) is 0 Å². The van der Waals surface area contributed by atoms with E-state index >= 15 is 0 Å². The number of fused-ring (bicyclic) bond motifs is 1. The van der Waals surface area contributed by atoms with Gasteiger partial charge in [-0.15, -0.1) is 11.3 Å². The first kappa shape index (κ1) is 11.9. The molecule has 2 aromatic rings. The molecule has 2 nitrogen and oxygen atoms in total. The molecule has 1 aliphatic heterocycles. The highest BCUT2D eigenvalue weighted by Crippen LogP contribution is 2.25. The minimum Gasteiger partial charge on any atom is -0.334 e. The molecule has 2 heterocycles. The van der Waals surface area contributed by atoms with E-state index < -0.39 is 0 Å². The average Bonchev–Trinajstić information content (AvgIpc) is 2.86. The summed E-state index contributed by atoms with van der Waals surface area (Å²) in [6.45, 7) is 1.57. The predicted octanol–water partition coefficient (Wildman–Crippen LogP) is 3.71. The zero-order chi connectivity index (χ0) is 12.5. The molecule has 0 saturated heterocycles. The number of hydrogen-bond acceptors (Lipinski definition) is 2. The fourth-order valence-corrected chi connectivity index (χ4v) is 3.35. The lowest BCUT2D eigenvalue weighted by atomic mass is 10.1. The Morgan fingerprint density at radius 2 is 2.00 bits per heavy atom. The van der Waals surface area contributed by atoms with Gasteiger partial charge in [-0.25, -0.2) is 0 Å². The van der Waals surface area contributed by atoms with E-state index in [0.29, 0.717) is 0 Å². The van der Waals surface area contributed by atoms with Crippen molar-refractivity contribution >= 4 is 33.2 Å². The maximum absolute atomic E-state index is 12.4. The van der Waals surface area contributed by atoms with E-state index in [2.05, 4.69) is 27.4 Å². The van der Waals surface area contributed by atoms with Gasteiger partial charge in [-0.05, 0) is 47.7 Å². The number of amides is 1. The van der Waals surface area contributed by atoms with Gasteiger partial charge in [0.1, 0.15) is 0 Å². The summed E-state index contributed by atoms with van der Waals surface area (Å²) < 4.78 is 0.998. The SMILES string of the molecule is O=C(c1ccc(Br)cc1)N1CCc2sccc2C1. The van der Waals surface area contributed by atoms with Gasteiger partial charge in [0.05, 0.1) is 0 Å². The van der Waals surface area contributed by atoms with E-state index in [-0.39, 0.29) is 5.91 Å². The van der Waals surface area contributed by atoms with Crippen LogP contribution in [-0.4, -0.2) is 17.4 Å². The van der Waals surface area contributed by atoms with Crippen molar-refractivity contribution in [1.82, 2.24) is 4.90 Å². The van der Waals surface area contributed by atoms with Crippen LogP contribution in [0.25, 0.3) is 0 Å². The van der Waals surface area contributed by atoms with Crippen LogP contribution in [0, 0.1) is 0 Å². The van der Waals surface area contributed by atoms with Crippen molar-refractivity contribution in [2.24, 2.45) is 0 Å². The normalized spacial score (nSPS) is 14.4. The number of thiophene rings is 1. The third kappa shape index (κ3) is 2.22. The predicted molar refractivity (Wildman–Crippen MR) is 76.9 cm³/mol. The molecule has 18 heavy (non-hydrogen) atoms. The van der Waals surface area contributed by atoms with Gasteiger partial charge >= 0.3 is 0 Å². The third-order valence-corrected chi connectivity index (χ3v) is 4.74. The van der Waals surface area contributed by atoms with Crippen molar-refractivity contribution in [1.29, 1.82) is 0 Å². The quantitative estimate of drug-likeness (QED) is 0.784. The Labute approximate surface area is 118 Å². The van der Waals surface area contributed by atoms with Crippen LogP contribution in [0.15, 0.2) is 40.2 Å². The van der Waals surface area contributed by atoms with E-state index in [9.17, 15) is 4.79 Å². The summed E-state index contributed by atoms with van der Waals surface area (Å²) in [6, 6.07) is 9.69. The minimum atomic E-state index is 0.124. The van der Waals surface area contributed by atoms with Crippen LogP contribution < -0.4 is 0 Å². The molecule has 3 rings (SSSR count). The lowest BCUT2D eigenvalue weighted by molar-refractivity contribution is 0.0736. The number of nitrogens with zero attached hydrogens (tertiary/aromatic N) is 1.